The minimum atomic E-state index is -0.363. The molecule has 2 aromatic carbocycles. The van der Waals surface area contributed by atoms with E-state index in [9.17, 15) is 9.18 Å². The van der Waals surface area contributed by atoms with Crippen LogP contribution in [0.25, 0.3) is 17.1 Å². The van der Waals surface area contributed by atoms with Crippen LogP contribution in [0.15, 0.2) is 53.6 Å². The lowest BCUT2D eigenvalue weighted by molar-refractivity contribution is -0.00185. The first kappa shape index (κ1) is 21.9. The van der Waals surface area contributed by atoms with E-state index >= 15 is 0 Å². The quantitative estimate of drug-likeness (QED) is 0.449. The maximum atomic E-state index is 14.7. The Bertz CT molecular complexity index is 1310. The molecule has 1 atom stereocenters. The molecule has 1 saturated heterocycles. The highest BCUT2D eigenvalue weighted by molar-refractivity contribution is 5.98. The predicted octanol–water partition coefficient (Wildman–Crippen LogP) is 3.16. The molecule has 34 heavy (non-hydrogen) atoms. The lowest BCUT2D eigenvalue weighted by Gasteiger charge is -2.36. The number of carbonyl (C=O) groups is 1. The summed E-state index contributed by atoms with van der Waals surface area (Å²) in [5.74, 6) is -0.156. The van der Waals surface area contributed by atoms with Crippen molar-refractivity contribution in [1.29, 1.82) is 0 Å². The molecule has 2 aromatic heterocycles. The van der Waals surface area contributed by atoms with Crippen LogP contribution in [-0.2, 0) is 11.2 Å². The molecule has 1 amide bonds. The van der Waals surface area contributed by atoms with Crippen LogP contribution in [-0.4, -0.2) is 61.7 Å². The van der Waals surface area contributed by atoms with Crippen LogP contribution in [0.1, 0.15) is 27.0 Å². The monoisotopic (exact) mass is 462 g/mol. The van der Waals surface area contributed by atoms with E-state index in [-0.39, 0.29) is 24.2 Å². The Morgan fingerprint density at radius 2 is 2.00 bits per heavy atom. The van der Waals surface area contributed by atoms with Gasteiger partial charge in [0.25, 0.3) is 5.91 Å². The number of benzene rings is 2. The fraction of sp³-hybridized carbons (Fsp3) is 0.292. The van der Waals surface area contributed by atoms with Gasteiger partial charge in [-0.1, -0.05) is 11.2 Å². The smallest absolute Gasteiger partial charge is 0.256 e. The molecular weight excluding hydrogens is 439 g/mol. The summed E-state index contributed by atoms with van der Waals surface area (Å²) in [7, 11) is 0. The molecule has 1 aliphatic heterocycles. The molecule has 5 rings (SSSR count). The number of nitrogens with zero attached hydrogens (tertiary/aromatic N) is 6. The molecule has 1 unspecified atom stereocenters. The number of rotatable bonds is 5. The average molecular weight is 462 g/mol. The van der Waals surface area contributed by atoms with Gasteiger partial charge in [0.1, 0.15) is 11.5 Å². The number of carbonyl (C=O) groups excluding carboxylic acids is 1. The second kappa shape index (κ2) is 9.14. The third-order valence-corrected chi connectivity index (χ3v) is 6.16. The highest BCUT2D eigenvalue weighted by Gasteiger charge is 2.31. The Balaban J connectivity index is 1.47. The molecule has 0 aliphatic carbocycles. The molecule has 4 aromatic rings. The van der Waals surface area contributed by atoms with Crippen molar-refractivity contribution in [2.24, 2.45) is 0 Å². The first-order valence-electron chi connectivity index (χ1n) is 10.9. The highest BCUT2D eigenvalue weighted by Crippen LogP contribution is 2.26. The number of hydrogen-bond donors (Lipinski definition) is 0. The Hall–Kier alpha value is -3.92. The second-order valence-electron chi connectivity index (χ2n) is 8.21. The van der Waals surface area contributed by atoms with Crippen molar-refractivity contribution in [3.63, 3.8) is 0 Å². The zero-order chi connectivity index (χ0) is 23.7. The number of aromatic nitrogens is 5. The topological polar surface area (TPSA) is 99.2 Å². The largest absolute Gasteiger partial charge is 0.377 e. The third kappa shape index (κ3) is 4.08. The van der Waals surface area contributed by atoms with E-state index in [0.717, 1.165) is 11.1 Å². The molecule has 0 bridgehead atoms. The molecule has 0 N–H and O–H groups in total. The predicted molar refractivity (Wildman–Crippen MR) is 120 cm³/mol. The highest BCUT2D eigenvalue weighted by atomic mass is 19.1. The van der Waals surface area contributed by atoms with E-state index in [1.165, 1.54) is 17.3 Å². The summed E-state index contributed by atoms with van der Waals surface area (Å²) in [6.45, 7) is 5.04. The van der Waals surface area contributed by atoms with Gasteiger partial charge in [-0.25, -0.2) is 4.39 Å². The van der Waals surface area contributed by atoms with Crippen molar-refractivity contribution in [2.45, 2.75) is 26.3 Å². The zero-order valence-corrected chi connectivity index (χ0v) is 18.8. The Morgan fingerprint density at radius 3 is 2.76 bits per heavy atom. The van der Waals surface area contributed by atoms with Crippen LogP contribution >= 0.6 is 0 Å². The van der Waals surface area contributed by atoms with Gasteiger partial charge in [-0.15, -0.1) is 0 Å². The Kier molecular flexibility index (Phi) is 5.89. The number of aryl methyl sites for hydroxylation is 1. The summed E-state index contributed by atoms with van der Waals surface area (Å²) in [5.41, 5.74) is 4.18. The molecule has 9 nitrogen and oxygen atoms in total. The standard InChI is InChI=1S/C24H23FN6O3/c1-15-3-5-20(22(16(15)2)31-27-7-8-28-31)24(32)30-9-10-33-13-19(30)12-18-11-17(4-6-21(18)25)23-26-14-34-29-23/h3-8,11,14,19H,9-10,12-13H2,1-2H3. The van der Waals surface area contributed by atoms with Crippen molar-refractivity contribution < 1.29 is 18.4 Å². The van der Waals surface area contributed by atoms with Crippen molar-refractivity contribution in [1.82, 2.24) is 30.0 Å². The molecular formula is C24H23FN6O3. The van der Waals surface area contributed by atoms with Gasteiger partial charge >= 0.3 is 0 Å². The summed E-state index contributed by atoms with van der Waals surface area (Å²) in [5, 5.41) is 12.3. The molecule has 3 heterocycles. The third-order valence-electron chi connectivity index (χ3n) is 6.16. The van der Waals surface area contributed by atoms with E-state index < -0.39 is 0 Å². The van der Waals surface area contributed by atoms with Crippen LogP contribution in [0.4, 0.5) is 4.39 Å². The van der Waals surface area contributed by atoms with Crippen LogP contribution in [0, 0.1) is 19.7 Å². The molecule has 0 radical (unpaired) electrons. The van der Waals surface area contributed by atoms with E-state index in [1.54, 1.807) is 35.5 Å². The van der Waals surface area contributed by atoms with E-state index in [4.69, 9.17) is 9.26 Å². The summed E-state index contributed by atoms with van der Waals surface area (Å²) in [6, 6.07) is 8.03. The maximum Gasteiger partial charge on any atom is 0.256 e. The molecule has 1 aliphatic rings. The SMILES string of the molecule is Cc1ccc(C(=O)N2CCOCC2Cc2cc(-c3ncon3)ccc2F)c(-n2nccn2)c1C. The average Bonchev–Trinajstić information content (AvgIpc) is 3.57. The fourth-order valence-electron chi connectivity index (χ4n) is 4.23. The normalized spacial score (nSPS) is 16.1. The molecule has 0 saturated carbocycles. The number of halogens is 1. The number of amides is 1. The molecule has 10 heteroatoms. The summed E-state index contributed by atoms with van der Waals surface area (Å²) in [4.78, 5) is 21.0. The summed E-state index contributed by atoms with van der Waals surface area (Å²) in [6.07, 6.45) is 4.66. The first-order valence-corrected chi connectivity index (χ1v) is 10.9. The van der Waals surface area contributed by atoms with Gasteiger partial charge in [-0.3, -0.25) is 4.79 Å². The van der Waals surface area contributed by atoms with Gasteiger partial charge in [0.15, 0.2) is 0 Å². The Labute approximate surface area is 195 Å². The minimum absolute atomic E-state index is 0.168. The number of hydrogen-bond acceptors (Lipinski definition) is 7. The van der Waals surface area contributed by atoms with Crippen molar-refractivity contribution in [3.8, 4) is 17.1 Å². The van der Waals surface area contributed by atoms with E-state index in [2.05, 4.69) is 20.3 Å². The van der Waals surface area contributed by atoms with Crippen molar-refractivity contribution in [2.75, 3.05) is 19.8 Å². The number of ether oxygens (including phenoxy) is 1. The van der Waals surface area contributed by atoms with Gasteiger partial charge in [-0.2, -0.15) is 20.0 Å². The van der Waals surface area contributed by atoms with Gasteiger partial charge in [0.2, 0.25) is 12.2 Å². The first-order chi connectivity index (χ1) is 16.5. The van der Waals surface area contributed by atoms with Crippen molar-refractivity contribution >= 4 is 5.91 Å². The van der Waals surface area contributed by atoms with Gasteiger partial charge in [-0.05, 0) is 61.2 Å². The summed E-state index contributed by atoms with van der Waals surface area (Å²) < 4.78 is 25.2. The van der Waals surface area contributed by atoms with E-state index in [1.807, 2.05) is 19.9 Å². The lowest BCUT2D eigenvalue weighted by atomic mass is 9.98. The maximum absolute atomic E-state index is 14.7. The Morgan fingerprint density at radius 1 is 1.18 bits per heavy atom. The number of morpholine rings is 1. The van der Waals surface area contributed by atoms with E-state index in [0.29, 0.717) is 48.0 Å². The molecule has 1 fully saturated rings. The second-order valence-corrected chi connectivity index (χ2v) is 8.21. The van der Waals surface area contributed by atoms with Crippen LogP contribution < -0.4 is 0 Å². The van der Waals surface area contributed by atoms with Gasteiger partial charge in [0.05, 0.1) is 37.2 Å². The lowest BCUT2D eigenvalue weighted by Crippen LogP contribution is -2.50. The van der Waals surface area contributed by atoms with Gasteiger partial charge in [0, 0.05) is 12.1 Å². The van der Waals surface area contributed by atoms with Crippen LogP contribution in [0.3, 0.4) is 0 Å². The summed E-state index contributed by atoms with van der Waals surface area (Å²) >= 11 is 0. The minimum Gasteiger partial charge on any atom is -0.377 e. The molecule has 174 valence electrons. The fourth-order valence-corrected chi connectivity index (χ4v) is 4.23. The van der Waals surface area contributed by atoms with Crippen molar-refractivity contribution in [3.05, 3.63) is 77.2 Å². The zero-order valence-electron chi connectivity index (χ0n) is 18.8. The van der Waals surface area contributed by atoms with Crippen LogP contribution in [0.2, 0.25) is 0 Å². The van der Waals surface area contributed by atoms with Gasteiger partial charge < -0.3 is 14.2 Å². The van der Waals surface area contributed by atoms with Crippen LogP contribution in [0.5, 0.6) is 0 Å². The molecule has 0 spiro atoms.